The molecule has 1 N–H and O–H groups in total. The zero-order valence-corrected chi connectivity index (χ0v) is 8.93. The first-order valence-corrected chi connectivity index (χ1v) is 5.00. The molecule has 0 aliphatic rings. The minimum atomic E-state index is 0.690. The highest BCUT2D eigenvalue weighted by molar-refractivity contribution is 4.84. The molecule has 72 valence electrons. The van der Waals surface area contributed by atoms with Gasteiger partial charge in [0, 0.05) is 0 Å². The molecule has 0 aromatic carbocycles. The zero-order valence-electron chi connectivity index (χ0n) is 8.93. The van der Waals surface area contributed by atoms with Gasteiger partial charge in [0.15, 0.2) is 0 Å². The summed E-state index contributed by atoms with van der Waals surface area (Å²) in [5.41, 5.74) is 0. The lowest BCUT2D eigenvalue weighted by molar-refractivity contribution is 0.556. The van der Waals surface area contributed by atoms with Crippen LogP contribution in [0.1, 0.15) is 34.1 Å². The van der Waals surface area contributed by atoms with Gasteiger partial charge >= 0.3 is 0 Å². The molecule has 12 heavy (non-hydrogen) atoms. The number of rotatable bonds is 6. The molecular weight excluding hydrogens is 146 g/mol. The molecule has 0 heterocycles. The Labute approximate surface area is 77.2 Å². The van der Waals surface area contributed by atoms with Crippen LogP contribution >= 0.6 is 0 Å². The normalized spacial score (nSPS) is 12.2. The Kier molecular flexibility index (Phi) is 7.17. The highest BCUT2D eigenvalue weighted by Crippen LogP contribution is 1.94. The maximum atomic E-state index is 3.41. The zero-order chi connectivity index (χ0) is 9.40. The average molecular weight is 169 g/mol. The van der Waals surface area contributed by atoms with Crippen LogP contribution in [0.4, 0.5) is 0 Å². The fourth-order valence-corrected chi connectivity index (χ4v) is 0.945. The van der Waals surface area contributed by atoms with Crippen molar-refractivity contribution >= 4 is 0 Å². The maximum Gasteiger partial charge on any atom is -0.00142 e. The van der Waals surface area contributed by atoms with Gasteiger partial charge < -0.3 is 5.32 Å². The molecule has 0 aromatic rings. The second-order valence-electron chi connectivity index (χ2n) is 4.06. The molecule has 0 fully saturated rings. The second-order valence-corrected chi connectivity index (χ2v) is 4.06. The third-order valence-electron chi connectivity index (χ3n) is 1.56. The van der Waals surface area contributed by atoms with Gasteiger partial charge in [-0.05, 0) is 31.3 Å². The van der Waals surface area contributed by atoms with Crippen LogP contribution in [0.25, 0.3) is 0 Å². The fourth-order valence-electron chi connectivity index (χ4n) is 0.945. The third kappa shape index (κ3) is 9.70. The van der Waals surface area contributed by atoms with Gasteiger partial charge in [0.1, 0.15) is 0 Å². The summed E-state index contributed by atoms with van der Waals surface area (Å²) in [5.74, 6) is 1.45. The van der Waals surface area contributed by atoms with Crippen molar-refractivity contribution < 1.29 is 0 Å². The molecule has 1 nitrogen and oxygen atoms in total. The van der Waals surface area contributed by atoms with E-state index in [1.54, 1.807) is 0 Å². The van der Waals surface area contributed by atoms with Gasteiger partial charge in [-0.3, -0.25) is 0 Å². The Bertz CT molecular complexity index is 114. The number of nitrogens with one attached hydrogen (secondary N) is 1. The lowest BCUT2D eigenvalue weighted by Crippen LogP contribution is -2.20. The molecule has 1 heteroatoms. The van der Waals surface area contributed by atoms with Crippen LogP contribution in [0.15, 0.2) is 12.2 Å². The van der Waals surface area contributed by atoms with Gasteiger partial charge in [-0.1, -0.05) is 39.8 Å². The Morgan fingerprint density at radius 3 is 2.33 bits per heavy atom. The van der Waals surface area contributed by atoms with E-state index in [1.165, 1.54) is 0 Å². The number of hydrogen-bond donors (Lipinski definition) is 1. The molecule has 0 atom stereocenters. The van der Waals surface area contributed by atoms with E-state index in [4.69, 9.17) is 0 Å². The first-order valence-electron chi connectivity index (χ1n) is 5.00. The second kappa shape index (κ2) is 7.35. The molecule has 0 aromatic heterocycles. The van der Waals surface area contributed by atoms with Gasteiger partial charge in [0.25, 0.3) is 0 Å². The van der Waals surface area contributed by atoms with E-state index in [1.807, 2.05) is 0 Å². The van der Waals surface area contributed by atoms with Crippen molar-refractivity contribution in [3.05, 3.63) is 12.2 Å². The number of hydrogen-bond acceptors (Lipinski definition) is 1. The van der Waals surface area contributed by atoms with Crippen molar-refractivity contribution in [1.29, 1.82) is 0 Å². The SMILES string of the molecule is CC(C)/C=C/CCNCC(C)C. The summed E-state index contributed by atoms with van der Waals surface area (Å²) in [7, 11) is 0. The van der Waals surface area contributed by atoms with E-state index in [2.05, 4.69) is 45.2 Å². The Morgan fingerprint density at radius 2 is 1.83 bits per heavy atom. The topological polar surface area (TPSA) is 12.0 Å². The summed E-state index contributed by atoms with van der Waals surface area (Å²) in [5, 5.41) is 3.41. The Morgan fingerprint density at radius 1 is 1.17 bits per heavy atom. The van der Waals surface area contributed by atoms with Crippen LogP contribution in [-0.2, 0) is 0 Å². The minimum Gasteiger partial charge on any atom is -0.316 e. The van der Waals surface area contributed by atoms with Gasteiger partial charge in [0.05, 0.1) is 0 Å². The summed E-state index contributed by atoms with van der Waals surface area (Å²) < 4.78 is 0. The first-order chi connectivity index (χ1) is 5.63. The molecule has 0 aliphatic carbocycles. The van der Waals surface area contributed by atoms with Crippen LogP contribution in [0.5, 0.6) is 0 Å². The van der Waals surface area contributed by atoms with Crippen molar-refractivity contribution in [1.82, 2.24) is 5.32 Å². The summed E-state index contributed by atoms with van der Waals surface area (Å²) >= 11 is 0. The molecule has 0 aliphatic heterocycles. The summed E-state index contributed by atoms with van der Waals surface area (Å²) in [6.45, 7) is 11.1. The molecular formula is C11H23N. The van der Waals surface area contributed by atoms with E-state index in [0.29, 0.717) is 5.92 Å². The monoisotopic (exact) mass is 169 g/mol. The van der Waals surface area contributed by atoms with Crippen molar-refractivity contribution in [2.75, 3.05) is 13.1 Å². The molecule has 0 rings (SSSR count). The molecule has 0 unspecified atom stereocenters. The molecule has 0 saturated carbocycles. The fraction of sp³-hybridized carbons (Fsp3) is 0.818. The van der Waals surface area contributed by atoms with Crippen molar-refractivity contribution in [2.45, 2.75) is 34.1 Å². The predicted octanol–water partition coefficient (Wildman–Crippen LogP) is 2.83. The van der Waals surface area contributed by atoms with E-state index in [9.17, 15) is 0 Å². The first kappa shape index (κ1) is 11.7. The predicted molar refractivity (Wildman–Crippen MR) is 56.3 cm³/mol. The van der Waals surface area contributed by atoms with Crippen LogP contribution in [0.3, 0.4) is 0 Å². The molecule has 0 saturated heterocycles. The van der Waals surface area contributed by atoms with Crippen LogP contribution < -0.4 is 5.32 Å². The van der Waals surface area contributed by atoms with Crippen LogP contribution in [-0.4, -0.2) is 13.1 Å². The highest BCUT2D eigenvalue weighted by Gasteiger charge is 1.90. The molecule has 0 spiro atoms. The van der Waals surface area contributed by atoms with Gasteiger partial charge in [-0.15, -0.1) is 0 Å². The lowest BCUT2D eigenvalue weighted by Gasteiger charge is -2.04. The number of allylic oxidation sites excluding steroid dienone is 1. The maximum absolute atomic E-state index is 3.41. The summed E-state index contributed by atoms with van der Waals surface area (Å²) in [6, 6.07) is 0. The smallest absolute Gasteiger partial charge is 0.00142 e. The van der Waals surface area contributed by atoms with Crippen molar-refractivity contribution in [3.63, 3.8) is 0 Å². The highest BCUT2D eigenvalue weighted by atomic mass is 14.8. The van der Waals surface area contributed by atoms with Crippen LogP contribution in [0, 0.1) is 11.8 Å². The van der Waals surface area contributed by atoms with E-state index < -0.39 is 0 Å². The Hall–Kier alpha value is -0.300. The van der Waals surface area contributed by atoms with E-state index in [0.717, 1.165) is 25.4 Å². The summed E-state index contributed by atoms with van der Waals surface area (Å²) in [6.07, 6.45) is 5.68. The molecule has 0 bridgehead atoms. The summed E-state index contributed by atoms with van der Waals surface area (Å²) in [4.78, 5) is 0. The molecule has 0 amide bonds. The van der Waals surface area contributed by atoms with E-state index in [-0.39, 0.29) is 0 Å². The quantitative estimate of drug-likeness (QED) is 0.476. The largest absolute Gasteiger partial charge is 0.316 e. The van der Waals surface area contributed by atoms with Gasteiger partial charge in [-0.2, -0.15) is 0 Å². The lowest BCUT2D eigenvalue weighted by atomic mass is 10.2. The molecule has 0 radical (unpaired) electrons. The van der Waals surface area contributed by atoms with Gasteiger partial charge in [-0.25, -0.2) is 0 Å². The van der Waals surface area contributed by atoms with Crippen molar-refractivity contribution in [3.8, 4) is 0 Å². The van der Waals surface area contributed by atoms with Crippen molar-refractivity contribution in [2.24, 2.45) is 11.8 Å². The average Bonchev–Trinajstić information content (AvgIpc) is 1.95. The standard InChI is InChI=1S/C11H23N/c1-10(2)7-5-6-8-12-9-11(3)4/h5,7,10-12H,6,8-9H2,1-4H3/b7-5+. The Balaban J connectivity index is 3.11. The minimum absolute atomic E-state index is 0.690. The van der Waals surface area contributed by atoms with E-state index >= 15 is 0 Å². The third-order valence-corrected chi connectivity index (χ3v) is 1.56. The van der Waals surface area contributed by atoms with Crippen LogP contribution in [0.2, 0.25) is 0 Å². The van der Waals surface area contributed by atoms with Gasteiger partial charge in [0.2, 0.25) is 0 Å².